The fraction of sp³-hybridized carbons (Fsp3) is 0.243. The van der Waals surface area contributed by atoms with Crippen molar-refractivity contribution < 1.29 is 28.7 Å². The summed E-state index contributed by atoms with van der Waals surface area (Å²) in [5.74, 6) is -0.173. The first-order valence-electron chi connectivity index (χ1n) is 15.3. The van der Waals surface area contributed by atoms with Gasteiger partial charge in [0.25, 0.3) is 17.7 Å². The molecule has 4 amide bonds. The first-order valence-corrected chi connectivity index (χ1v) is 15.3. The van der Waals surface area contributed by atoms with Gasteiger partial charge in [-0.15, -0.1) is 0 Å². The lowest BCUT2D eigenvalue weighted by Gasteiger charge is -2.24. The molecule has 0 aliphatic carbocycles. The molecule has 0 spiro atoms. The van der Waals surface area contributed by atoms with E-state index in [0.29, 0.717) is 34.0 Å². The number of rotatable bonds is 10. The smallest absolute Gasteiger partial charge is 0.261 e. The van der Waals surface area contributed by atoms with E-state index in [1.165, 1.54) is 18.6 Å². The van der Waals surface area contributed by atoms with Crippen molar-refractivity contribution in [1.82, 2.24) is 4.90 Å². The largest absolute Gasteiger partial charge is 0.493 e. The molecule has 2 atom stereocenters. The van der Waals surface area contributed by atoms with Crippen LogP contribution in [0.15, 0.2) is 84.9 Å². The molecule has 0 saturated heterocycles. The second kappa shape index (κ2) is 12.5. The first-order chi connectivity index (χ1) is 22.1. The molecule has 4 aromatic carbocycles. The van der Waals surface area contributed by atoms with Gasteiger partial charge in [0.2, 0.25) is 5.91 Å². The number of ether oxygens (including phenoxy) is 2. The third-order valence-electron chi connectivity index (χ3n) is 8.47. The van der Waals surface area contributed by atoms with Crippen LogP contribution in [0.2, 0.25) is 0 Å². The lowest BCUT2D eigenvalue weighted by molar-refractivity contribution is -0.114. The summed E-state index contributed by atoms with van der Waals surface area (Å²) in [6.45, 7) is 5.37. The Morgan fingerprint density at radius 3 is 2.33 bits per heavy atom. The summed E-state index contributed by atoms with van der Waals surface area (Å²) in [6, 6.07) is 25.6. The average molecular weight is 618 g/mol. The Kier molecular flexibility index (Phi) is 8.32. The number of carbonyl (C=O) groups is 4. The summed E-state index contributed by atoms with van der Waals surface area (Å²) >= 11 is 0. The monoisotopic (exact) mass is 617 g/mol. The topological polar surface area (TPSA) is 105 Å². The van der Waals surface area contributed by atoms with Crippen LogP contribution in [0.5, 0.6) is 11.5 Å². The van der Waals surface area contributed by atoms with Crippen LogP contribution in [-0.4, -0.2) is 41.7 Å². The van der Waals surface area contributed by atoms with E-state index >= 15 is 0 Å². The number of imide groups is 1. The number of aryl methyl sites for hydroxylation is 1. The van der Waals surface area contributed by atoms with Gasteiger partial charge in [-0.3, -0.25) is 24.1 Å². The Morgan fingerprint density at radius 2 is 1.59 bits per heavy atom. The molecule has 0 radical (unpaired) electrons. The maximum atomic E-state index is 13.8. The van der Waals surface area contributed by atoms with Crippen LogP contribution < -0.4 is 19.7 Å². The Morgan fingerprint density at radius 1 is 0.826 bits per heavy atom. The summed E-state index contributed by atoms with van der Waals surface area (Å²) in [5, 5.41) is 2.64. The quantitative estimate of drug-likeness (QED) is 0.202. The Hall–Kier alpha value is -5.44. The minimum atomic E-state index is -0.446. The highest BCUT2D eigenvalue weighted by atomic mass is 16.5. The molecule has 6 rings (SSSR count). The highest BCUT2D eigenvalue weighted by Gasteiger charge is 2.38. The van der Waals surface area contributed by atoms with Crippen molar-refractivity contribution in [3.63, 3.8) is 0 Å². The maximum absolute atomic E-state index is 13.8. The van der Waals surface area contributed by atoms with E-state index in [9.17, 15) is 19.2 Å². The second-order valence-electron chi connectivity index (χ2n) is 11.7. The normalized spacial score (nSPS) is 15.9. The number of amides is 4. The van der Waals surface area contributed by atoms with Gasteiger partial charge in [-0.2, -0.15) is 0 Å². The van der Waals surface area contributed by atoms with Crippen LogP contribution in [0, 0.1) is 0 Å². The minimum absolute atomic E-state index is 0.0121. The highest BCUT2D eigenvalue weighted by molar-refractivity contribution is 6.22. The van der Waals surface area contributed by atoms with Crippen LogP contribution >= 0.6 is 0 Å². The molecule has 0 aromatic heterocycles. The maximum Gasteiger partial charge on any atom is 0.261 e. The highest BCUT2D eigenvalue weighted by Crippen LogP contribution is 2.41. The van der Waals surface area contributed by atoms with Crippen LogP contribution in [0.4, 0.5) is 11.4 Å². The molecule has 2 heterocycles. The molecule has 0 fully saturated rings. The summed E-state index contributed by atoms with van der Waals surface area (Å²) in [5.41, 5.74) is 4.91. The molecule has 1 N–H and O–H groups in total. The van der Waals surface area contributed by atoms with Gasteiger partial charge in [-0.05, 0) is 79.8 Å². The lowest BCUT2D eigenvalue weighted by atomic mass is 10.0. The number of hydrogen-bond acceptors (Lipinski definition) is 6. The predicted molar refractivity (Wildman–Crippen MR) is 174 cm³/mol. The van der Waals surface area contributed by atoms with Crippen molar-refractivity contribution in [2.24, 2.45) is 0 Å². The van der Waals surface area contributed by atoms with Crippen LogP contribution in [0.1, 0.15) is 81.0 Å². The van der Waals surface area contributed by atoms with E-state index in [1.54, 1.807) is 30.2 Å². The Labute approximate surface area is 267 Å². The second-order valence-corrected chi connectivity index (χ2v) is 11.7. The molecule has 234 valence electrons. The predicted octanol–water partition coefficient (Wildman–Crippen LogP) is 6.57. The summed E-state index contributed by atoms with van der Waals surface area (Å²) in [6.07, 6.45) is 1.60. The molecule has 46 heavy (non-hydrogen) atoms. The van der Waals surface area contributed by atoms with E-state index in [1.807, 2.05) is 62.4 Å². The van der Waals surface area contributed by atoms with E-state index in [2.05, 4.69) is 17.4 Å². The number of methoxy groups -OCH3 is 1. The molecule has 4 aromatic rings. The van der Waals surface area contributed by atoms with Gasteiger partial charge in [0.05, 0.1) is 36.9 Å². The SMILES string of the molecule is COc1ccc(N2C(=O)c3cc(CN4C(=O)c5ccc(NC(C)=O)cc5C4=O)ccc3C2C)cc1OC(C)CCc1ccccc1. The van der Waals surface area contributed by atoms with E-state index in [0.717, 1.165) is 23.3 Å². The number of benzene rings is 4. The van der Waals surface area contributed by atoms with Gasteiger partial charge < -0.3 is 19.7 Å². The number of anilines is 2. The first kappa shape index (κ1) is 30.6. The third kappa shape index (κ3) is 5.83. The van der Waals surface area contributed by atoms with Crippen molar-refractivity contribution >= 4 is 35.0 Å². The van der Waals surface area contributed by atoms with Crippen molar-refractivity contribution in [3.8, 4) is 11.5 Å². The lowest BCUT2D eigenvalue weighted by Crippen LogP contribution is -2.29. The van der Waals surface area contributed by atoms with Gasteiger partial charge >= 0.3 is 0 Å². The van der Waals surface area contributed by atoms with Crippen LogP contribution in [0.3, 0.4) is 0 Å². The fourth-order valence-corrected chi connectivity index (χ4v) is 6.13. The minimum Gasteiger partial charge on any atom is -0.493 e. The van der Waals surface area contributed by atoms with Gasteiger partial charge in [-0.25, -0.2) is 0 Å². The molecule has 0 saturated carbocycles. The molecule has 9 heteroatoms. The summed E-state index contributed by atoms with van der Waals surface area (Å²) in [7, 11) is 1.59. The number of hydrogen-bond donors (Lipinski definition) is 1. The van der Waals surface area contributed by atoms with Crippen molar-refractivity contribution in [2.45, 2.75) is 52.3 Å². The van der Waals surface area contributed by atoms with Crippen LogP contribution in [0.25, 0.3) is 0 Å². The molecule has 2 aliphatic rings. The standard InChI is InChI=1S/C37H35N3O6/c1-22(10-11-25-8-6-5-7-9-25)46-34-20-28(14-17-33(34)45-4)40-23(2)29-15-12-26(18-31(29)37(40)44)21-39-35(42)30-16-13-27(38-24(3)41)19-32(30)36(39)43/h5-9,12-20,22-23H,10-11,21H2,1-4H3,(H,38,41). The van der Waals surface area contributed by atoms with Gasteiger partial charge in [0, 0.05) is 29.9 Å². The third-order valence-corrected chi connectivity index (χ3v) is 8.47. The molecule has 2 unspecified atom stereocenters. The zero-order valence-electron chi connectivity index (χ0n) is 26.2. The van der Waals surface area contributed by atoms with Crippen LogP contribution in [-0.2, 0) is 17.8 Å². The Balaban J connectivity index is 1.19. The molecule has 9 nitrogen and oxygen atoms in total. The van der Waals surface area contributed by atoms with Gasteiger partial charge in [0.15, 0.2) is 11.5 Å². The molecule has 0 bridgehead atoms. The van der Waals surface area contributed by atoms with E-state index in [-0.39, 0.29) is 41.6 Å². The van der Waals surface area contributed by atoms with Gasteiger partial charge in [-0.1, -0.05) is 42.5 Å². The van der Waals surface area contributed by atoms with Crippen molar-refractivity contribution in [2.75, 3.05) is 17.3 Å². The fourth-order valence-electron chi connectivity index (χ4n) is 6.13. The van der Waals surface area contributed by atoms with Crippen molar-refractivity contribution in [1.29, 1.82) is 0 Å². The zero-order valence-corrected chi connectivity index (χ0v) is 26.2. The van der Waals surface area contributed by atoms with E-state index in [4.69, 9.17) is 9.47 Å². The number of fused-ring (bicyclic) bond motifs is 2. The van der Waals surface area contributed by atoms with Gasteiger partial charge in [0.1, 0.15) is 0 Å². The molecule has 2 aliphatic heterocycles. The zero-order chi connectivity index (χ0) is 32.5. The van der Waals surface area contributed by atoms with E-state index < -0.39 is 11.8 Å². The van der Waals surface area contributed by atoms with Crippen molar-refractivity contribution in [3.05, 3.63) is 118 Å². The summed E-state index contributed by atoms with van der Waals surface area (Å²) < 4.78 is 11.9. The average Bonchev–Trinajstić information content (AvgIpc) is 3.43. The number of nitrogens with zero attached hydrogens (tertiary/aromatic N) is 2. The number of nitrogens with one attached hydrogen (secondary N) is 1. The summed E-state index contributed by atoms with van der Waals surface area (Å²) in [4.78, 5) is 54.5. The molecular formula is C37H35N3O6. The number of carbonyl (C=O) groups excluding carboxylic acids is 4. The Bertz CT molecular complexity index is 1850. The molecular weight excluding hydrogens is 582 g/mol.